The Hall–Kier alpha value is -3.73. The number of nitrogens with two attached hydrogens (primary N) is 1. The molecule has 1 unspecified atom stereocenters. The van der Waals surface area contributed by atoms with Gasteiger partial charge in [-0.15, -0.1) is 0 Å². The van der Waals surface area contributed by atoms with E-state index in [0.717, 1.165) is 12.8 Å². The predicted molar refractivity (Wildman–Crippen MR) is 127 cm³/mol. The number of nitrogens with zero attached hydrogens (tertiary/aromatic N) is 6. The standard InChI is InChI=1S/C23H27FN8O2/c1-2-19(33)31-7-3-4-16(13-31)32-14-26-20-21(25)28-23(29-22(20)32)27-15-5-6-18(17(24)12-15)30-8-10-34-11-9-30/h2,5-6,12,14,16H,1,3-4,7-11,13H2,(H3,25,27,28,29). The summed E-state index contributed by atoms with van der Waals surface area (Å²) in [5.74, 6) is 0.0555. The third-order valence-corrected chi connectivity index (χ3v) is 6.28. The molecule has 2 saturated heterocycles. The molecule has 0 aliphatic carbocycles. The lowest BCUT2D eigenvalue weighted by molar-refractivity contribution is -0.127. The number of ether oxygens (including phenoxy) is 1. The van der Waals surface area contributed by atoms with Gasteiger partial charge in [-0.25, -0.2) is 9.37 Å². The summed E-state index contributed by atoms with van der Waals surface area (Å²) in [6.45, 7) is 7.30. The molecule has 3 N–H and O–H groups in total. The highest BCUT2D eigenvalue weighted by Gasteiger charge is 2.26. The van der Waals surface area contributed by atoms with Gasteiger partial charge in [-0.3, -0.25) is 4.79 Å². The molecule has 0 saturated carbocycles. The van der Waals surface area contributed by atoms with Gasteiger partial charge in [0.25, 0.3) is 0 Å². The van der Waals surface area contributed by atoms with E-state index in [1.54, 1.807) is 23.4 Å². The number of anilines is 4. The number of carbonyl (C=O) groups excluding carboxylic acids is 1. The van der Waals surface area contributed by atoms with Crippen molar-refractivity contribution in [2.45, 2.75) is 18.9 Å². The van der Waals surface area contributed by atoms with Crippen LogP contribution in [0, 0.1) is 5.82 Å². The summed E-state index contributed by atoms with van der Waals surface area (Å²) in [5.41, 5.74) is 8.28. The minimum atomic E-state index is -0.333. The van der Waals surface area contributed by atoms with Crippen molar-refractivity contribution in [2.24, 2.45) is 0 Å². The number of piperidine rings is 1. The summed E-state index contributed by atoms with van der Waals surface area (Å²) in [6, 6.07) is 4.96. The molecule has 3 aromatic rings. The molecule has 34 heavy (non-hydrogen) atoms. The average molecular weight is 467 g/mol. The van der Waals surface area contributed by atoms with Gasteiger partial charge in [0, 0.05) is 31.9 Å². The predicted octanol–water partition coefficient (Wildman–Crippen LogP) is 2.48. The molecule has 2 aliphatic rings. The molecule has 1 aromatic carbocycles. The topological polar surface area (TPSA) is 114 Å². The number of fused-ring (bicyclic) bond motifs is 1. The van der Waals surface area contributed by atoms with Gasteiger partial charge in [0.2, 0.25) is 11.9 Å². The number of imidazole rings is 1. The van der Waals surface area contributed by atoms with Crippen molar-refractivity contribution in [2.75, 3.05) is 55.3 Å². The Labute approximate surface area is 196 Å². The molecule has 0 spiro atoms. The van der Waals surface area contributed by atoms with Gasteiger partial charge in [0.1, 0.15) is 11.3 Å². The zero-order chi connectivity index (χ0) is 23.7. The minimum Gasteiger partial charge on any atom is -0.382 e. The van der Waals surface area contributed by atoms with Crippen molar-refractivity contribution in [1.29, 1.82) is 0 Å². The van der Waals surface area contributed by atoms with E-state index in [4.69, 9.17) is 10.5 Å². The fourth-order valence-electron chi connectivity index (χ4n) is 4.55. The minimum absolute atomic E-state index is 0.00931. The molecule has 178 valence electrons. The molecule has 1 amide bonds. The third kappa shape index (κ3) is 4.26. The molecule has 11 heteroatoms. The molecule has 2 aromatic heterocycles. The Morgan fingerprint density at radius 3 is 2.85 bits per heavy atom. The van der Waals surface area contributed by atoms with Crippen LogP contribution in [0.25, 0.3) is 11.2 Å². The lowest BCUT2D eigenvalue weighted by Crippen LogP contribution is -2.39. The lowest BCUT2D eigenvalue weighted by Gasteiger charge is -2.32. The van der Waals surface area contributed by atoms with Crippen LogP contribution in [0.5, 0.6) is 0 Å². The highest BCUT2D eigenvalue weighted by molar-refractivity contribution is 5.87. The van der Waals surface area contributed by atoms with E-state index >= 15 is 0 Å². The highest BCUT2D eigenvalue weighted by atomic mass is 19.1. The number of benzene rings is 1. The van der Waals surface area contributed by atoms with Crippen LogP contribution in [0.2, 0.25) is 0 Å². The number of nitrogen functional groups attached to an aromatic ring is 1. The van der Waals surface area contributed by atoms with E-state index in [2.05, 4.69) is 26.8 Å². The van der Waals surface area contributed by atoms with Crippen LogP contribution in [0.3, 0.4) is 0 Å². The number of halogens is 1. The van der Waals surface area contributed by atoms with E-state index in [0.29, 0.717) is 61.9 Å². The van der Waals surface area contributed by atoms with Crippen molar-refractivity contribution in [3.63, 3.8) is 0 Å². The van der Waals surface area contributed by atoms with Gasteiger partial charge in [0.15, 0.2) is 11.5 Å². The number of amides is 1. The highest BCUT2D eigenvalue weighted by Crippen LogP contribution is 2.29. The van der Waals surface area contributed by atoms with Gasteiger partial charge in [-0.2, -0.15) is 9.97 Å². The van der Waals surface area contributed by atoms with E-state index in [9.17, 15) is 9.18 Å². The zero-order valence-corrected chi connectivity index (χ0v) is 18.8. The van der Waals surface area contributed by atoms with Crippen molar-refractivity contribution in [3.05, 3.63) is 43.0 Å². The van der Waals surface area contributed by atoms with E-state index in [1.165, 1.54) is 12.1 Å². The first-order valence-electron chi connectivity index (χ1n) is 11.3. The van der Waals surface area contributed by atoms with Crippen LogP contribution < -0.4 is 16.0 Å². The van der Waals surface area contributed by atoms with Crippen LogP contribution in [-0.2, 0) is 9.53 Å². The molecular formula is C23H27FN8O2. The van der Waals surface area contributed by atoms with Crippen molar-refractivity contribution >= 4 is 40.2 Å². The number of hydrogen-bond acceptors (Lipinski definition) is 8. The fourth-order valence-corrected chi connectivity index (χ4v) is 4.55. The Morgan fingerprint density at radius 1 is 1.26 bits per heavy atom. The second-order valence-corrected chi connectivity index (χ2v) is 8.43. The van der Waals surface area contributed by atoms with Crippen molar-refractivity contribution in [1.82, 2.24) is 24.4 Å². The van der Waals surface area contributed by atoms with Crippen molar-refractivity contribution in [3.8, 4) is 0 Å². The van der Waals surface area contributed by atoms with Crippen LogP contribution in [0.1, 0.15) is 18.9 Å². The average Bonchev–Trinajstić information content (AvgIpc) is 3.29. The SMILES string of the molecule is C=CC(=O)N1CCCC(n2cnc3c(N)nc(Nc4ccc(N5CCOCC5)c(F)c4)nc32)C1. The summed E-state index contributed by atoms with van der Waals surface area (Å²) in [4.78, 5) is 29.2. The lowest BCUT2D eigenvalue weighted by atomic mass is 10.1. The molecule has 2 fully saturated rings. The molecule has 1 atom stereocenters. The van der Waals surface area contributed by atoms with Crippen LogP contribution >= 0.6 is 0 Å². The summed E-state index contributed by atoms with van der Waals surface area (Å²) in [5, 5.41) is 3.06. The number of hydrogen-bond donors (Lipinski definition) is 2. The fraction of sp³-hybridized carbons (Fsp3) is 0.391. The Morgan fingerprint density at radius 2 is 2.09 bits per heavy atom. The van der Waals surface area contributed by atoms with Gasteiger partial charge < -0.3 is 30.2 Å². The molecule has 10 nitrogen and oxygen atoms in total. The second-order valence-electron chi connectivity index (χ2n) is 8.43. The van der Waals surface area contributed by atoms with Gasteiger partial charge in [-0.1, -0.05) is 6.58 Å². The van der Waals surface area contributed by atoms with Crippen LogP contribution in [0.4, 0.5) is 27.5 Å². The monoisotopic (exact) mass is 466 g/mol. The summed E-state index contributed by atoms with van der Waals surface area (Å²) in [6.07, 6.45) is 4.76. The Bertz CT molecular complexity index is 1220. The molecular weight excluding hydrogens is 439 g/mol. The smallest absolute Gasteiger partial charge is 0.246 e. The normalized spacial score (nSPS) is 18.8. The second kappa shape index (κ2) is 9.26. The number of rotatable bonds is 5. The number of aromatic nitrogens is 4. The molecule has 0 radical (unpaired) electrons. The summed E-state index contributed by atoms with van der Waals surface area (Å²) < 4.78 is 22.1. The van der Waals surface area contributed by atoms with E-state index < -0.39 is 0 Å². The van der Waals surface area contributed by atoms with Crippen molar-refractivity contribution < 1.29 is 13.9 Å². The summed E-state index contributed by atoms with van der Waals surface area (Å²) in [7, 11) is 0. The maximum Gasteiger partial charge on any atom is 0.246 e. The summed E-state index contributed by atoms with van der Waals surface area (Å²) >= 11 is 0. The van der Waals surface area contributed by atoms with Gasteiger partial charge in [0.05, 0.1) is 31.3 Å². The Kier molecular flexibility index (Phi) is 6.01. The number of likely N-dealkylation sites (tertiary alicyclic amines) is 1. The van der Waals surface area contributed by atoms with Gasteiger partial charge in [-0.05, 0) is 37.1 Å². The third-order valence-electron chi connectivity index (χ3n) is 6.28. The Balaban J connectivity index is 1.40. The maximum atomic E-state index is 14.8. The maximum absolute atomic E-state index is 14.8. The first kappa shape index (κ1) is 22.1. The molecule has 2 aliphatic heterocycles. The number of morpholine rings is 1. The first-order chi connectivity index (χ1) is 16.5. The first-order valence-corrected chi connectivity index (χ1v) is 11.3. The quantitative estimate of drug-likeness (QED) is 0.551. The van der Waals surface area contributed by atoms with Gasteiger partial charge >= 0.3 is 0 Å². The number of carbonyl (C=O) groups is 1. The largest absolute Gasteiger partial charge is 0.382 e. The molecule has 4 heterocycles. The number of nitrogens with one attached hydrogen (secondary N) is 1. The van der Waals surface area contributed by atoms with Crippen LogP contribution in [0.15, 0.2) is 37.2 Å². The molecule has 0 bridgehead atoms. The molecule has 5 rings (SSSR count). The van der Waals surface area contributed by atoms with E-state index in [-0.39, 0.29) is 29.5 Å². The van der Waals surface area contributed by atoms with E-state index in [1.807, 2.05) is 9.47 Å². The zero-order valence-electron chi connectivity index (χ0n) is 18.8. The van der Waals surface area contributed by atoms with Crippen LogP contribution in [-0.4, -0.2) is 69.7 Å².